The molecule has 1 aromatic heterocycles. The molecule has 1 unspecified atom stereocenters. The molecule has 66 valence electrons. The number of rotatable bonds is 3. The summed E-state index contributed by atoms with van der Waals surface area (Å²) in [5.74, 6) is 0.770. The lowest BCUT2D eigenvalue weighted by atomic mass is 10.3. The van der Waals surface area contributed by atoms with E-state index in [2.05, 4.69) is 4.98 Å². The Morgan fingerprint density at radius 1 is 1.50 bits per heavy atom. The summed E-state index contributed by atoms with van der Waals surface area (Å²) < 4.78 is 10.4. The number of aromatic nitrogens is 1. The SMILES string of the molecule is COC(C)Oc1cccnc1C. The van der Waals surface area contributed by atoms with Crippen molar-refractivity contribution >= 4 is 0 Å². The molecule has 1 rings (SSSR count). The van der Waals surface area contributed by atoms with Crippen LogP contribution in [0.1, 0.15) is 12.6 Å². The summed E-state index contributed by atoms with van der Waals surface area (Å²) in [7, 11) is 1.61. The van der Waals surface area contributed by atoms with Gasteiger partial charge in [0.15, 0.2) is 6.29 Å². The molecular weight excluding hydrogens is 154 g/mol. The van der Waals surface area contributed by atoms with E-state index in [-0.39, 0.29) is 6.29 Å². The summed E-state index contributed by atoms with van der Waals surface area (Å²) in [5, 5.41) is 0. The summed E-state index contributed by atoms with van der Waals surface area (Å²) in [4.78, 5) is 4.09. The number of ether oxygens (including phenoxy) is 2. The van der Waals surface area contributed by atoms with Gasteiger partial charge in [0, 0.05) is 13.3 Å². The minimum Gasteiger partial charge on any atom is -0.463 e. The summed E-state index contributed by atoms with van der Waals surface area (Å²) >= 11 is 0. The van der Waals surface area contributed by atoms with Crippen molar-refractivity contribution in [3.8, 4) is 5.75 Å². The van der Waals surface area contributed by atoms with Crippen molar-refractivity contribution in [2.24, 2.45) is 0 Å². The minimum absolute atomic E-state index is 0.229. The van der Waals surface area contributed by atoms with Crippen molar-refractivity contribution in [1.29, 1.82) is 0 Å². The van der Waals surface area contributed by atoms with Gasteiger partial charge in [0.25, 0.3) is 0 Å². The van der Waals surface area contributed by atoms with Gasteiger partial charge in [0.1, 0.15) is 5.75 Å². The van der Waals surface area contributed by atoms with Crippen molar-refractivity contribution < 1.29 is 9.47 Å². The van der Waals surface area contributed by atoms with Crippen molar-refractivity contribution in [2.75, 3.05) is 7.11 Å². The number of aryl methyl sites for hydroxylation is 1. The highest BCUT2D eigenvalue weighted by Crippen LogP contribution is 2.15. The Hall–Kier alpha value is -1.09. The van der Waals surface area contributed by atoms with Crippen LogP contribution in [0.25, 0.3) is 0 Å². The highest BCUT2D eigenvalue weighted by molar-refractivity contribution is 5.25. The van der Waals surface area contributed by atoms with Crippen LogP contribution >= 0.6 is 0 Å². The fourth-order valence-electron chi connectivity index (χ4n) is 0.821. The van der Waals surface area contributed by atoms with Crippen LogP contribution in [0.2, 0.25) is 0 Å². The first kappa shape index (κ1) is 9.00. The maximum absolute atomic E-state index is 5.41. The fourth-order valence-corrected chi connectivity index (χ4v) is 0.821. The zero-order valence-corrected chi connectivity index (χ0v) is 7.57. The van der Waals surface area contributed by atoms with E-state index in [1.165, 1.54) is 0 Å². The van der Waals surface area contributed by atoms with Crippen molar-refractivity contribution in [1.82, 2.24) is 4.98 Å². The summed E-state index contributed by atoms with van der Waals surface area (Å²) in [6.45, 7) is 3.74. The maximum atomic E-state index is 5.41. The molecule has 3 heteroatoms. The van der Waals surface area contributed by atoms with Crippen molar-refractivity contribution in [3.05, 3.63) is 24.0 Å². The molecule has 12 heavy (non-hydrogen) atoms. The molecule has 0 saturated heterocycles. The van der Waals surface area contributed by atoms with Crippen LogP contribution in [0, 0.1) is 6.92 Å². The predicted octanol–water partition coefficient (Wildman–Crippen LogP) is 1.76. The topological polar surface area (TPSA) is 31.4 Å². The normalized spacial score (nSPS) is 12.6. The molecule has 0 radical (unpaired) electrons. The Kier molecular flexibility index (Phi) is 3.05. The number of nitrogens with zero attached hydrogens (tertiary/aromatic N) is 1. The first-order chi connectivity index (χ1) is 5.74. The molecule has 1 aromatic rings. The van der Waals surface area contributed by atoms with Crippen LogP contribution in [-0.2, 0) is 4.74 Å². The smallest absolute Gasteiger partial charge is 0.196 e. The van der Waals surface area contributed by atoms with Gasteiger partial charge in [-0.25, -0.2) is 0 Å². The van der Waals surface area contributed by atoms with Gasteiger partial charge in [0.05, 0.1) is 5.69 Å². The zero-order valence-electron chi connectivity index (χ0n) is 7.57. The van der Waals surface area contributed by atoms with Crippen LogP contribution in [-0.4, -0.2) is 18.4 Å². The van der Waals surface area contributed by atoms with E-state index >= 15 is 0 Å². The Bertz CT molecular complexity index is 250. The summed E-state index contributed by atoms with van der Waals surface area (Å²) in [5.41, 5.74) is 0.876. The van der Waals surface area contributed by atoms with E-state index in [4.69, 9.17) is 9.47 Å². The molecule has 0 saturated carbocycles. The molecule has 1 atom stereocenters. The summed E-state index contributed by atoms with van der Waals surface area (Å²) in [6.07, 6.45) is 1.51. The van der Waals surface area contributed by atoms with Crippen LogP contribution in [0.3, 0.4) is 0 Å². The van der Waals surface area contributed by atoms with Gasteiger partial charge in [0.2, 0.25) is 0 Å². The van der Waals surface area contributed by atoms with Gasteiger partial charge < -0.3 is 9.47 Å². The van der Waals surface area contributed by atoms with E-state index in [1.807, 2.05) is 26.0 Å². The average molecular weight is 167 g/mol. The Balaban J connectivity index is 2.69. The van der Waals surface area contributed by atoms with Gasteiger partial charge in [-0.2, -0.15) is 0 Å². The second-order valence-corrected chi connectivity index (χ2v) is 2.51. The number of hydrogen-bond donors (Lipinski definition) is 0. The van der Waals surface area contributed by atoms with E-state index in [0.717, 1.165) is 11.4 Å². The third-order valence-corrected chi connectivity index (χ3v) is 1.58. The van der Waals surface area contributed by atoms with Gasteiger partial charge in [-0.05, 0) is 26.0 Å². The molecule has 0 aliphatic heterocycles. The quantitative estimate of drug-likeness (QED) is 0.643. The third-order valence-electron chi connectivity index (χ3n) is 1.58. The molecule has 0 spiro atoms. The Morgan fingerprint density at radius 3 is 2.83 bits per heavy atom. The van der Waals surface area contributed by atoms with E-state index < -0.39 is 0 Å². The van der Waals surface area contributed by atoms with Gasteiger partial charge in [-0.3, -0.25) is 4.98 Å². The molecule has 1 heterocycles. The highest BCUT2D eigenvalue weighted by Gasteiger charge is 2.03. The Labute approximate surface area is 72.3 Å². The third kappa shape index (κ3) is 2.20. The van der Waals surface area contributed by atoms with Gasteiger partial charge >= 0.3 is 0 Å². The molecule has 0 aromatic carbocycles. The monoisotopic (exact) mass is 167 g/mol. The first-order valence-corrected chi connectivity index (χ1v) is 3.85. The lowest BCUT2D eigenvalue weighted by Gasteiger charge is -2.13. The first-order valence-electron chi connectivity index (χ1n) is 3.85. The van der Waals surface area contributed by atoms with Crippen LogP contribution in [0.4, 0.5) is 0 Å². The number of pyridine rings is 1. The second kappa shape index (κ2) is 4.07. The maximum Gasteiger partial charge on any atom is 0.196 e. The van der Waals surface area contributed by atoms with Crippen LogP contribution in [0.5, 0.6) is 5.75 Å². The molecule has 0 aliphatic carbocycles. The fraction of sp³-hybridized carbons (Fsp3) is 0.444. The zero-order chi connectivity index (χ0) is 8.97. The van der Waals surface area contributed by atoms with E-state index in [9.17, 15) is 0 Å². The number of hydrogen-bond acceptors (Lipinski definition) is 3. The lowest BCUT2D eigenvalue weighted by molar-refractivity contribution is -0.0389. The van der Waals surface area contributed by atoms with Crippen LogP contribution in [0.15, 0.2) is 18.3 Å². The molecule has 0 fully saturated rings. The molecule has 3 nitrogen and oxygen atoms in total. The van der Waals surface area contributed by atoms with Crippen molar-refractivity contribution in [3.63, 3.8) is 0 Å². The standard InChI is InChI=1S/C9H13NO2/c1-7-9(5-4-6-10-7)12-8(2)11-3/h4-6,8H,1-3H3. The Morgan fingerprint density at radius 2 is 2.25 bits per heavy atom. The number of methoxy groups -OCH3 is 1. The van der Waals surface area contributed by atoms with Crippen LogP contribution < -0.4 is 4.74 Å². The second-order valence-electron chi connectivity index (χ2n) is 2.51. The molecule has 0 aliphatic rings. The van der Waals surface area contributed by atoms with Gasteiger partial charge in [-0.1, -0.05) is 0 Å². The van der Waals surface area contributed by atoms with Gasteiger partial charge in [-0.15, -0.1) is 0 Å². The highest BCUT2D eigenvalue weighted by atomic mass is 16.7. The average Bonchev–Trinajstić information content (AvgIpc) is 2.09. The van der Waals surface area contributed by atoms with E-state index in [1.54, 1.807) is 13.3 Å². The largest absolute Gasteiger partial charge is 0.463 e. The lowest BCUT2D eigenvalue weighted by Crippen LogP contribution is -2.14. The molecule has 0 amide bonds. The molecule has 0 bridgehead atoms. The molecule has 0 N–H and O–H groups in total. The minimum atomic E-state index is -0.229. The summed E-state index contributed by atoms with van der Waals surface area (Å²) in [6, 6.07) is 3.71. The van der Waals surface area contributed by atoms with Crippen molar-refractivity contribution in [2.45, 2.75) is 20.1 Å². The van der Waals surface area contributed by atoms with E-state index in [0.29, 0.717) is 0 Å². The molecular formula is C9H13NO2. The predicted molar refractivity (Wildman–Crippen MR) is 46.1 cm³/mol.